The minimum absolute atomic E-state index is 0.104. The van der Waals surface area contributed by atoms with E-state index in [-0.39, 0.29) is 28.6 Å². The van der Waals surface area contributed by atoms with Gasteiger partial charge in [-0.2, -0.15) is 5.26 Å². The first kappa shape index (κ1) is 22.3. The molecular formula is C22H19FN4O5. The standard InChI is InChI=1S/C22H19FN4O5/c1-13-14(2)26(16-6-4-15(23)5-7-16)22(18(13)11-24)25-21(28)12-32-20-9-8-17(31-3)10-19(20)27(29)30/h4-10H,12H2,1-3H3,(H,25,28). The molecule has 0 spiro atoms. The third-order valence-corrected chi connectivity index (χ3v) is 4.89. The van der Waals surface area contributed by atoms with Crippen LogP contribution in [0.2, 0.25) is 0 Å². The van der Waals surface area contributed by atoms with Gasteiger partial charge in [-0.25, -0.2) is 4.39 Å². The van der Waals surface area contributed by atoms with E-state index in [1.165, 1.54) is 49.6 Å². The second-order valence-electron chi connectivity index (χ2n) is 6.79. The minimum atomic E-state index is -0.643. The summed E-state index contributed by atoms with van der Waals surface area (Å²) < 4.78 is 25.3. The van der Waals surface area contributed by atoms with Gasteiger partial charge in [0.25, 0.3) is 5.91 Å². The van der Waals surface area contributed by atoms with Crippen LogP contribution in [-0.2, 0) is 4.79 Å². The van der Waals surface area contributed by atoms with Crippen LogP contribution in [-0.4, -0.2) is 29.1 Å². The third-order valence-electron chi connectivity index (χ3n) is 4.89. The Balaban J connectivity index is 1.87. The summed E-state index contributed by atoms with van der Waals surface area (Å²) in [5.41, 5.74) is 1.79. The van der Waals surface area contributed by atoms with E-state index in [4.69, 9.17) is 9.47 Å². The number of anilines is 1. The molecule has 32 heavy (non-hydrogen) atoms. The molecule has 0 saturated carbocycles. The Morgan fingerprint density at radius 2 is 1.94 bits per heavy atom. The maximum atomic E-state index is 13.4. The molecule has 1 N–H and O–H groups in total. The fraction of sp³-hybridized carbons (Fsp3) is 0.182. The number of nitro benzene ring substituents is 1. The molecule has 0 aliphatic carbocycles. The number of nitro groups is 1. The number of methoxy groups -OCH3 is 1. The molecule has 3 rings (SSSR count). The Hall–Kier alpha value is -4.39. The fourth-order valence-corrected chi connectivity index (χ4v) is 3.17. The van der Waals surface area contributed by atoms with Crippen molar-refractivity contribution in [2.75, 3.05) is 19.0 Å². The van der Waals surface area contributed by atoms with Crippen LogP contribution in [0.1, 0.15) is 16.8 Å². The van der Waals surface area contributed by atoms with Crippen molar-refractivity contribution in [3.05, 3.63) is 75.2 Å². The van der Waals surface area contributed by atoms with Crippen molar-refractivity contribution in [1.29, 1.82) is 5.26 Å². The summed E-state index contributed by atoms with van der Waals surface area (Å²) in [5, 5.41) is 23.5. The molecule has 1 heterocycles. The lowest BCUT2D eigenvalue weighted by molar-refractivity contribution is -0.385. The highest BCUT2D eigenvalue weighted by atomic mass is 19.1. The van der Waals surface area contributed by atoms with Gasteiger partial charge in [0.05, 0.1) is 23.7 Å². The first-order valence-electron chi connectivity index (χ1n) is 9.39. The van der Waals surface area contributed by atoms with Crippen molar-refractivity contribution >= 4 is 17.4 Å². The molecule has 0 aliphatic rings. The first-order valence-corrected chi connectivity index (χ1v) is 9.39. The summed E-state index contributed by atoms with van der Waals surface area (Å²) in [6, 6.07) is 11.7. The van der Waals surface area contributed by atoms with E-state index < -0.39 is 23.3 Å². The average molecular weight is 438 g/mol. The van der Waals surface area contributed by atoms with E-state index in [1.54, 1.807) is 18.4 Å². The Labute approximate surface area is 182 Å². The van der Waals surface area contributed by atoms with Gasteiger partial charge in [-0.1, -0.05) is 0 Å². The molecule has 0 radical (unpaired) electrons. The Morgan fingerprint density at radius 1 is 1.25 bits per heavy atom. The maximum absolute atomic E-state index is 13.4. The largest absolute Gasteiger partial charge is 0.496 e. The van der Waals surface area contributed by atoms with Gasteiger partial charge in [0.2, 0.25) is 0 Å². The van der Waals surface area contributed by atoms with Gasteiger partial charge in [0, 0.05) is 11.4 Å². The number of amides is 1. The lowest BCUT2D eigenvalue weighted by atomic mass is 10.2. The Kier molecular flexibility index (Phi) is 6.39. The molecule has 10 heteroatoms. The van der Waals surface area contributed by atoms with Crippen molar-refractivity contribution in [3.8, 4) is 23.3 Å². The molecule has 3 aromatic rings. The van der Waals surface area contributed by atoms with E-state index in [2.05, 4.69) is 11.4 Å². The quantitative estimate of drug-likeness (QED) is 0.439. The summed E-state index contributed by atoms with van der Waals surface area (Å²) in [6.07, 6.45) is 0. The van der Waals surface area contributed by atoms with Gasteiger partial charge in [-0.3, -0.25) is 19.5 Å². The molecule has 0 aliphatic heterocycles. The zero-order chi connectivity index (χ0) is 23.4. The lowest BCUT2D eigenvalue weighted by Crippen LogP contribution is -2.22. The predicted molar refractivity (Wildman–Crippen MR) is 114 cm³/mol. The molecule has 0 fully saturated rings. The topological polar surface area (TPSA) is 119 Å². The first-order chi connectivity index (χ1) is 15.3. The van der Waals surface area contributed by atoms with Crippen LogP contribution in [0.25, 0.3) is 5.69 Å². The third kappa shape index (κ3) is 4.37. The number of benzene rings is 2. The fourth-order valence-electron chi connectivity index (χ4n) is 3.17. The van der Waals surface area contributed by atoms with Crippen LogP contribution < -0.4 is 14.8 Å². The summed E-state index contributed by atoms with van der Waals surface area (Å²) >= 11 is 0. The number of nitrogens with one attached hydrogen (secondary N) is 1. The zero-order valence-corrected chi connectivity index (χ0v) is 17.5. The van der Waals surface area contributed by atoms with Gasteiger partial charge >= 0.3 is 5.69 Å². The summed E-state index contributed by atoms with van der Waals surface area (Å²) in [5.74, 6) is -0.682. The number of ether oxygens (including phenoxy) is 2. The van der Waals surface area contributed by atoms with Crippen LogP contribution >= 0.6 is 0 Å². The van der Waals surface area contributed by atoms with Gasteiger partial charge in [-0.15, -0.1) is 0 Å². The smallest absolute Gasteiger partial charge is 0.314 e. The van der Waals surface area contributed by atoms with Gasteiger partial charge in [0.1, 0.15) is 23.5 Å². The maximum Gasteiger partial charge on any atom is 0.314 e. The lowest BCUT2D eigenvalue weighted by Gasteiger charge is -2.14. The predicted octanol–water partition coefficient (Wildman–Crippen LogP) is 4.04. The molecular weight excluding hydrogens is 419 g/mol. The van der Waals surface area contributed by atoms with E-state index in [1.807, 2.05) is 0 Å². The van der Waals surface area contributed by atoms with Gasteiger partial charge in [-0.05, 0) is 55.8 Å². The second-order valence-corrected chi connectivity index (χ2v) is 6.79. The number of carbonyl (C=O) groups is 1. The van der Waals surface area contributed by atoms with Crippen LogP contribution in [0, 0.1) is 41.1 Å². The molecule has 2 aromatic carbocycles. The summed E-state index contributed by atoms with van der Waals surface area (Å²) in [6.45, 7) is 2.97. The molecule has 1 aromatic heterocycles. The Bertz CT molecular complexity index is 1230. The second kappa shape index (κ2) is 9.18. The highest BCUT2D eigenvalue weighted by Gasteiger charge is 2.22. The average Bonchev–Trinajstić information content (AvgIpc) is 3.01. The van der Waals surface area contributed by atoms with Crippen LogP contribution in [0.15, 0.2) is 42.5 Å². The number of carbonyl (C=O) groups excluding carboxylic acids is 1. The van der Waals surface area contributed by atoms with E-state index in [9.17, 15) is 24.6 Å². The molecule has 0 bridgehead atoms. The molecule has 1 amide bonds. The van der Waals surface area contributed by atoms with Crippen molar-refractivity contribution in [3.63, 3.8) is 0 Å². The zero-order valence-electron chi connectivity index (χ0n) is 17.5. The van der Waals surface area contributed by atoms with Gasteiger partial charge < -0.3 is 14.8 Å². The van der Waals surface area contributed by atoms with Crippen molar-refractivity contribution in [1.82, 2.24) is 4.57 Å². The number of hydrogen-bond acceptors (Lipinski definition) is 6. The highest BCUT2D eigenvalue weighted by molar-refractivity contribution is 5.93. The molecule has 9 nitrogen and oxygen atoms in total. The van der Waals surface area contributed by atoms with Crippen LogP contribution in [0.3, 0.4) is 0 Å². The van der Waals surface area contributed by atoms with Crippen molar-refractivity contribution < 1.29 is 23.6 Å². The molecule has 0 atom stereocenters. The molecule has 0 saturated heterocycles. The Morgan fingerprint density at radius 3 is 2.53 bits per heavy atom. The molecule has 164 valence electrons. The van der Waals surface area contributed by atoms with Crippen molar-refractivity contribution in [2.24, 2.45) is 0 Å². The van der Waals surface area contributed by atoms with Crippen LogP contribution in [0.5, 0.6) is 11.5 Å². The number of nitrogens with zero attached hydrogens (tertiary/aromatic N) is 3. The minimum Gasteiger partial charge on any atom is -0.496 e. The van der Waals surface area contributed by atoms with E-state index in [0.717, 1.165) is 0 Å². The number of nitriles is 1. The number of hydrogen-bond donors (Lipinski definition) is 1. The normalized spacial score (nSPS) is 10.3. The number of halogens is 1. The molecule has 0 unspecified atom stereocenters. The van der Waals surface area contributed by atoms with Crippen LogP contribution in [0.4, 0.5) is 15.9 Å². The highest BCUT2D eigenvalue weighted by Crippen LogP contribution is 2.32. The van der Waals surface area contributed by atoms with E-state index in [0.29, 0.717) is 16.9 Å². The number of rotatable bonds is 7. The van der Waals surface area contributed by atoms with Gasteiger partial charge in [0.15, 0.2) is 12.4 Å². The summed E-state index contributed by atoms with van der Waals surface area (Å²) in [4.78, 5) is 23.2. The summed E-state index contributed by atoms with van der Waals surface area (Å²) in [7, 11) is 1.38. The monoisotopic (exact) mass is 438 g/mol. The van der Waals surface area contributed by atoms with Crippen molar-refractivity contribution in [2.45, 2.75) is 13.8 Å². The number of aromatic nitrogens is 1. The van der Waals surface area contributed by atoms with E-state index >= 15 is 0 Å². The SMILES string of the molecule is COc1ccc(OCC(=O)Nc2c(C#N)c(C)c(C)n2-c2ccc(F)cc2)c([N+](=O)[O-])c1.